The van der Waals surface area contributed by atoms with Crippen LogP contribution in [-0.2, 0) is 0 Å². The van der Waals surface area contributed by atoms with E-state index in [1.807, 2.05) is 0 Å². The van der Waals surface area contributed by atoms with Gasteiger partial charge in [0, 0.05) is 0 Å². The van der Waals surface area contributed by atoms with Crippen LogP contribution >= 0.6 is 0 Å². The Morgan fingerprint density at radius 1 is 1.29 bits per heavy atom. The van der Waals surface area contributed by atoms with Gasteiger partial charge in [-0.05, 0) is 18.8 Å². The summed E-state index contributed by atoms with van der Waals surface area (Å²) in [7, 11) is 0. The zero-order valence-electron chi connectivity index (χ0n) is 9.76. The number of hydrogen-bond donors (Lipinski definition) is 2. The van der Waals surface area contributed by atoms with Gasteiger partial charge in [0.2, 0.25) is 0 Å². The zero-order valence-corrected chi connectivity index (χ0v) is 9.76. The van der Waals surface area contributed by atoms with E-state index in [1.165, 1.54) is 38.4 Å². The van der Waals surface area contributed by atoms with Crippen LogP contribution in [0.5, 0.6) is 0 Å². The second-order valence-electron chi connectivity index (χ2n) is 4.81. The Labute approximate surface area is 99.9 Å². The van der Waals surface area contributed by atoms with Crippen molar-refractivity contribution in [2.45, 2.75) is 38.1 Å². The summed E-state index contributed by atoms with van der Waals surface area (Å²) in [4.78, 5) is 15.8. The van der Waals surface area contributed by atoms with Crippen LogP contribution in [0.1, 0.15) is 44.0 Å². The Bertz CT molecular complexity index is 467. The van der Waals surface area contributed by atoms with Gasteiger partial charge in [-0.2, -0.15) is 0 Å². The Hall–Kier alpha value is -1.49. The number of nitrogens with one attached hydrogen (secondary N) is 1. The first-order valence-corrected chi connectivity index (χ1v) is 6.26. The highest BCUT2D eigenvalue weighted by molar-refractivity contribution is 5.68. The van der Waals surface area contributed by atoms with Crippen molar-refractivity contribution in [2.24, 2.45) is 11.7 Å². The molecule has 0 bridgehead atoms. The second-order valence-corrected chi connectivity index (χ2v) is 4.81. The summed E-state index contributed by atoms with van der Waals surface area (Å²) in [5.41, 5.74) is 7.87. The van der Waals surface area contributed by atoms with Gasteiger partial charge in [-0.15, -0.1) is 0 Å². The Morgan fingerprint density at radius 3 is 2.88 bits per heavy atom. The van der Waals surface area contributed by atoms with E-state index >= 15 is 0 Å². The van der Waals surface area contributed by atoms with E-state index in [0.29, 0.717) is 11.6 Å². The quantitative estimate of drug-likeness (QED) is 0.827. The van der Waals surface area contributed by atoms with E-state index in [9.17, 15) is 0 Å². The van der Waals surface area contributed by atoms with Crippen LogP contribution in [0.3, 0.4) is 0 Å². The fourth-order valence-corrected chi connectivity index (χ4v) is 2.65. The molecule has 0 amide bonds. The van der Waals surface area contributed by atoms with Crippen LogP contribution in [-0.4, -0.2) is 19.9 Å². The predicted octanol–water partition coefficient (Wildman–Crippen LogP) is 1.93. The van der Waals surface area contributed by atoms with Crippen molar-refractivity contribution in [3.05, 3.63) is 18.3 Å². The smallest absolute Gasteiger partial charge is 0.180 e. The van der Waals surface area contributed by atoms with E-state index in [2.05, 4.69) is 19.9 Å². The molecule has 0 radical (unpaired) electrons. The highest BCUT2D eigenvalue weighted by atomic mass is 15.0. The average molecular weight is 231 g/mol. The summed E-state index contributed by atoms with van der Waals surface area (Å²) < 4.78 is 0. The number of aromatic amines is 1. The van der Waals surface area contributed by atoms with Crippen LogP contribution in [0.2, 0.25) is 0 Å². The van der Waals surface area contributed by atoms with Gasteiger partial charge in [0.15, 0.2) is 5.65 Å². The highest BCUT2D eigenvalue weighted by Crippen LogP contribution is 2.32. The third-order valence-corrected chi connectivity index (χ3v) is 3.65. The molecule has 0 spiro atoms. The maximum absolute atomic E-state index is 6.29. The summed E-state index contributed by atoms with van der Waals surface area (Å²) in [6.45, 7) is 0. The lowest BCUT2D eigenvalue weighted by Crippen LogP contribution is -2.24. The molecule has 2 aromatic rings. The molecule has 0 aromatic carbocycles. The van der Waals surface area contributed by atoms with Gasteiger partial charge in [-0.1, -0.05) is 19.3 Å². The van der Waals surface area contributed by atoms with Crippen LogP contribution in [0.4, 0.5) is 0 Å². The summed E-state index contributed by atoms with van der Waals surface area (Å²) in [6.07, 6.45) is 9.60. The van der Waals surface area contributed by atoms with Crippen molar-refractivity contribution in [3.63, 3.8) is 0 Å². The predicted molar refractivity (Wildman–Crippen MR) is 65.2 cm³/mol. The minimum Gasteiger partial charge on any atom is -0.338 e. The third kappa shape index (κ3) is 2.02. The van der Waals surface area contributed by atoms with Crippen LogP contribution in [0, 0.1) is 5.92 Å². The normalized spacial score (nSPS) is 19.6. The van der Waals surface area contributed by atoms with Gasteiger partial charge in [0.25, 0.3) is 0 Å². The Kier molecular flexibility index (Phi) is 2.76. The molecule has 1 aliphatic rings. The molecule has 90 valence electrons. The first-order chi connectivity index (χ1) is 8.34. The monoisotopic (exact) mass is 231 g/mol. The SMILES string of the molecule is NC(c1nc2ncncc2[nH]1)C1CCCCC1. The molecule has 5 nitrogen and oxygen atoms in total. The largest absolute Gasteiger partial charge is 0.338 e. The molecule has 1 unspecified atom stereocenters. The van der Waals surface area contributed by atoms with Crippen molar-refractivity contribution in [1.29, 1.82) is 0 Å². The first kappa shape index (κ1) is 10.7. The number of imidazole rings is 1. The average Bonchev–Trinajstić information content (AvgIpc) is 2.82. The summed E-state index contributed by atoms with van der Waals surface area (Å²) in [6, 6.07) is 0.00417. The molecule has 2 aromatic heterocycles. The van der Waals surface area contributed by atoms with Crippen molar-refractivity contribution in [1.82, 2.24) is 19.9 Å². The first-order valence-electron chi connectivity index (χ1n) is 6.26. The standard InChI is InChI=1S/C12H17N5/c13-10(8-4-2-1-3-5-8)12-16-9-6-14-7-15-11(9)17-12/h6-8,10H,1-5,13H2,(H,14,15,16,17). The Morgan fingerprint density at radius 2 is 2.12 bits per heavy atom. The van der Waals surface area contributed by atoms with Gasteiger partial charge in [0.05, 0.1) is 12.2 Å². The van der Waals surface area contributed by atoms with E-state index in [0.717, 1.165) is 11.3 Å². The zero-order chi connectivity index (χ0) is 11.7. The van der Waals surface area contributed by atoms with Crippen molar-refractivity contribution >= 4 is 11.2 Å². The number of nitrogens with zero attached hydrogens (tertiary/aromatic N) is 3. The van der Waals surface area contributed by atoms with Gasteiger partial charge < -0.3 is 10.7 Å². The lowest BCUT2D eigenvalue weighted by atomic mass is 9.84. The van der Waals surface area contributed by atoms with Gasteiger partial charge in [0.1, 0.15) is 17.7 Å². The minimum atomic E-state index is 0.00417. The summed E-state index contributed by atoms with van der Waals surface area (Å²) in [5.74, 6) is 1.41. The molecule has 1 saturated carbocycles. The number of fused-ring (bicyclic) bond motifs is 1. The van der Waals surface area contributed by atoms with Gasteiger partial charge in [-0.3, -0.25) is 0 Å². The van der Waals surface area contributed by atoms with Crippen LogP contribution in [0.15, 0.2) is 12.5 Å². The number of nitrogens with two attached hydrogens (primary N) is 1. The second kappa shape index (κ2) is 4.41. The Balaban J connectivity index is 1.86. The molecule has 5 heteroatoms. The molecule has 0 aliphatic heterocycles. The van der Waals surface area contributed by atoms with Crippen molar-refractivity contribution in [3.8, 4) is 0 Å². The number of hydrogen-bond acceptors (Lipinski definition) is 4. The molecule has 2 heterocycles. The minimum absolute atomic E-state index is 0.00417. The third-order valence-electron chi connectivity index (χ3n) is 3.65. The topological polar surface area (TPSA) is 80.5 Å². The molecule has 1 fully saturated rings. The lowest BCUT2D eigenvalue weighted by Gasteiger charge is -2.25. The van der Waals surface area contributed by atoms with E-state index in [1.54, 1.807) is 6.20 Å². The molecule has 17 heavy (non-hydrogen) atoms. The molecule has 3 rings (SSSR count). The van der Waals surface area contributed by atoms with Crippen molar-refractivity contribution < 1.29 is 0 Å². The lowest BCUT2D eigenvalue weighted by molar-refractivity contribution is 0.302. The number of H-pyrrole nitrogens is 1. The number of aromatic nitrogens is 4. The summed E-state index contributed by atoms with van der Waals surface area (Å²) in [5, 5.41) is 0. The summed E-state index contributed by atoms with van der Waals surface area (Å²) >= 11 is 0. The van der Waals surface area contributed by atoms with E-state index in [-0.39, 0.29) is 6.04 Å². The van der Waals surface area contributed by atoms with E-state index < -0.39 is 0 Å². The molecular formula is C12H17N5. The molecular weight excluding hydrogens is 214 g/mol. The molecule has 0 saturated heterocycles. The molecule has 1 atom stereocenters. The molecule has 3 N–H and O–H groups in total. The van der Waals surface area contributed by atoms with Crippen molar-refractivity contribution in [2.75, 3.05) is 0 Å². The number of rotatable bonds is 2. The van der Waals surface area contributed by atoms with Gasteiger partial charge >= 0.3 is 0 Å². The van der Waals surface area contributed by atoms with Crippen LogP contribution < -0.4 is 5.73 Å². The fraction of sp³-hybridized carbons (Fsp3) is 0.583. The maximum Gasteiger partial charge on any atom is 0.180 e. The maximum atomic E-state index is 6.29. The van der Waals surface area contributed by atoms with Gasteiger partial charge in [-0.25, -0.2) is 15.0 Å². The molecule has 1 aliphatic carbocycles. The highest BCUT2D eigenvalue weighted by Gasteiger charge is 2.24. The van der Waals surface area contributed by atoms with E-state index in [4.69, 9.17) is 5.73 Å². The fourth-order valence-electron chi connectivity index (χ4n) is 2.65. The van der Waals surface area contributed by atoms with Crippen LogP contribution in [0.25, 0.3) is 11.2 Å².